The van der Waals surface area contributed by atoms with E-state index in [0.29, 0.717) is 23.0 Å². The molecule has 204 valence electrons. The van der Waals surface area contributed by atoms with Crippen molar-refractivity contribution < 1.29 is 32.6 Å². The number of carbonyl (C=O) groups excluding carboxylic acids is 2. The van der Waals surface area contributed by atoms with E-state index in [1.54, 1.807) is 30.5 Å². The number of alkyl halides is 3. The van der Waals surface area contributed by atoms with Gasteiger partial charge in [-0.3, -0.25) is 9.59 Å². The number of ether oxygens (including phenoxy) is 1. The summed E-state index contributed by atoms with van der Waals surface area (Å²) in [5.41, 5.74) is 7.00. The highest BCUT2D eigenvalue weighted by Crippen LogP contribution is 2.27. The van der Waals surface area contributed by atoms with Crippen LogP contribution in [0.2, 0.25) is 0 Å². The maximum atomic E-state index is 12.8. The first-order chi connectivity index (χ1) is 17.6. The third-order valence-electron chi connectivity index (χ3n) is 4.81. The van der Waals surface area contributed by atoms with Crippen molar-refractivity contribution in [3.63, 3.8) is 0 Å². The fourth-order valence-electron chi connectivity index (χ4n) is 3.01. The molecule has 3 aromatic rings. The third-order valence-corrected chi connectivity index (χ3v) is 5.88. The first-order valence-electron chi connectivity index (χ1n) is 11.0. The van der Waals surface area contributed by atoms with Gasteiger partial charge >= 0.3 is 6.36 Å². The number of aromatic nitrogens is 2. The van der Waals surface area contributed by atoms with E-state index in [9.17, 15) is 22.8 Å². The van der Waals surface area contributed by atoms with Crippen LogP contribution in [0.5, 0.6) is 5.75 Å². The van der Waals surface area contributed by atoms with Gasteiger partial charge in [-0.1, -0.05) is 0 Å². The molecule has 2 heterocycles. The second-order valence-electron chi connectivity index (χ2n) is 7.75. The number of anilines is 2. The Hall–Kier alpha value is -3.39. The Balaban J connectivity index is 0.00000507. The summed E-state index contributed by atoms with van der Waals surface area (Å²) >= 11 is 1.29. The first kappa shape index (κ1) is 30.8. The Morgan fingerprint density at radius 2 is 1.82 bits per heavy atom. The minimum Gasteiger partial charge on any atom is -0.406 e. The van der Waals surface area contributed by atoms with Gasteiger partial charge in [0.2, 0.25) is 5.91 Å². The molecule has 0 fully saturated rings. The summed E-state index contributed by atoms with van der Waals surface area (Å²) in [6, 6.07) is 11.0. The van der Waals surface area contributed by atoms with Crippen molar-refractivity contribution in [2.24, 2.45) is 5.73 Å². The predicted molar refractivity (Wildman–Crippen MR) is 139 cm³/mol. The SMILES string of the molecule is Cl.N[C@H](CO)CCC(=O)Nc1cc(CSc2ncccc2C(=O)Nc2ccc(OC(F)(F)F)cc2)ccn1. The molecule has 0 spiro atoms. The fourth-order valence-corrected chi connectivity index (χ4v) is 3.95. The predicted octanol–water partition coefficient (Wildman–Crippen LogP) is 4.38. The number of pyridine rings is 2. The fraction of sp³-hybridized carbons (Fsp3) is 0.250. The van der Waals surface area contributed by atoms with Crippen LogP contribution >= 0.6 is 24.2 Å². The monoisotopic (exact) mass is 571 g/mol. The van der Waals surface area contributed by atoms with Crippen molar-refractivity contribution in [2.45, 2.75) is 36.0 Å². The van der Waals surface area contributed by atoms with E-state index in [2.05, 4.69) is 25.3 Å². The number of aliphatic hydroxyl groups is 1. The van der Waals surface area contributed by atoms with Gasteiger partial charge in [-0.25, -0.2) is 9.97 Å². The van der Waals surface area contributed by atoms with Crippen LogP contribution in [-0.2, 0) is 10.5 Å². The van der Waals surface area contributed by atoms with Gasteiger partial charge in [0, 0.05) is 36.3 Å². The summed E-state index contributed by atoms with van der Waals surface area (Å²) in [6.45, 7) is -0.199. The summed E-state index contributed by atoms with van der Waals surface area (Å²) in [5.74, 6) is -0.379. The molecule has 1 atom stereocenters. The Labute approximate surface area is 226 Å². The Bertz CT molecular complexity index is 1220. The number of hydrogen-bond donors (Lipinski definition) is 4. The molecule has 3 rings (SSSR count). The number of aliphatic hydroxyl groups excluding tert-OH is 1. The van der Waals surface area contributed by atoms with Crippen LogP contribution in [0.1, 0.15) is 28.8 Å². The van der Waals surface area contributed by atoms with E-state index in [0.717, 1.165) is 17.7 Å². The number of hydrogen-bond acceptors (Lipinski definition) is 8. The van der Waals surface area contributed by atoms with Crippen molar-refractivity contribution in [3.8, 4) is 5.75 Å². The van der Waals surface area contributed by atoms with Gasteiger partial charge in [-0.05, 0) is 60.5 Å². The molecule has 0 aliphatic rings. The second-order valence-corrected chi connectivity index (χ2v) is 8.71. The highest BCUT2D eigenvalue weighted by Gasteiger charge is 2.31. The van der Waals surface area contributed by atoms with Crippen molar-refractivity contribution in [1.29, 1.82) is 0 Å². The number of thioether (sulfide) groups is 1. The standard InChI is InChI=1S/C24H24F3N5O4S.ClH/c25-24(26,27)36-18-6-4-17(5-7-18)31-22(35)19-2-1-10-30-23(19)37-14-15-9-11-29-20(12-15)32-21(34)8-3-16(28)13-33;/h1-2,4-7,9-12,16,33H,3,8,13-14,28H2,(H,31,35)(H,29,32,34);1H/t16-;/m0./s1. The van der Waals surface area contributed by atoms with Gasteiger partial charge in [-0.2, -0.15) is 0 Å². The zero-order valence-corrected chi connectivity index (χ0v) is 21.4. The molecule has 0 saturated carbocycles. The van der Waals surface area contributed by atoms with E-state index >= 15 is 0 Å². The van der Waals surface area contributed by atoms with Crippen molar-refractivity contribution >= 4 is 47.5 Å². The molecule has 2 amide bonds. The van der Waals surface area contributed by atoms with Crippen LogP contribution in [0, 0.1) is 0 Å². The Morgan fingerprint density at radius 3 is 2.50 bits per heavy atom. The van der Waals surface area contributed by atoms with Gasteiger partial charge < -0.3 is 26.2 Å². The number of nitrogens with one attached hydrogen (secondary N) is 2. The maximum Gasteiger partial charge on any atom is 0.573 e. The number of amides is 2. The zero-order chi connectivity index (χ0) is 26.8. The van der Waals surface area contributed by atoms with Gasteiger partial charge in [0.1, 0.15) is 16.6 Å². The molecule has 0 unspecified atom stereocenters. The number of halogens is 4. The Kier molecular flexibility index (Phi) is 11.8. The zero-order valence-electron chi connectivity index (χ0n) is 19.8. The summed E-state index contributed by atoms with van der Waals surface area (Å²) < 4.78 is 40.8. The average Bonchev–Trinajstić information content (AvgIpc) is 2.86. The van der Waals surface area contributed by atoms with Gasteiger partial charge in [0.05, 0.1) is 12.2 Å². The number of rotatable bonds is 11. The highest BCUT2D eigenvalue weighted by molar-refractivity contribution is 7.98. The van der Waals surface area contributed by atoms with Crippen molar-refractivity contribution in [3.05, 3.63) is 72.1 Å². The number of benzene rings is 1. The quantitative estimate of drug-likeness (QED) is 0.249. The summed E-state index contributed by atoms with van der Waals surface area (Å²) in [6.07, 6.45) is -1.23. The molecule has 0 aliphatic heterocycles. The van der Waals surface area contributed by atoms with E-state index in [4.69, 9.17) is 10.8 Å². The van der Waals surface area contributed by atoms with E-state index < -0.39 is 24.1 Å². The molecule has 0 radical (unpaired) electrons. The summed E-state index contributed by atoms with van der Waals surface area (Å²) in [5, 5.41) is 14.7. The molecular weight excluding hydrogens is 547 g/mol. The molecular formula is C24H25ClF3N5O4S. The third kappa shape index (κ3) is 10.2. The van der Waals surface area contributed by atoms with Crippen LogP contribution in [-0.4, -0.2) is 45.9 Å². The minimum atomic E-state index is -4.80. The lowest BCUT2D eigenvalue weighted by molar-refractivity contribution is -0.274. The molecule has 9 nitrogen and oxygen atoms in total. The lowest BCUT2D eigenvalue weighted by Gasteiger charge is -2.11. The summed E-state index contributed by atoms with van der Waals surface area (Å²) in [7, 11) is 0. The van der Waals surface area contributed by atoms with Crippen molar-refractivity contribution in [2.75, 3.05) is 17.2 Å². The highest BCUT2D eigenvalue weighted by atomic mass is 35.5. The summed E-state index contributed by atoms with van der Waals surface area (Å²) in [4.78, 5) is 33.3. The number of carbonyl (C=O) groups is 2. The lowest BCUT2D eigenvalue weighted by atomic mass is 10.2. The first-order valence-corrected chi connectivity index (χ1v) is 12.0. The molecule has 0 bridgehead atoms. The molecule has 0 saturated heterocycles. The van der Waals surface area contributed by atoms with E-state index in [1.165, 1.54) is 30.1 Å². The van der Waals surface area contributed by atoms with Gasteiger partial charge in [0.15, 0.2) is 0 Å². The smallest absolute Gasteiger partial charge is 0.406 e. The number of nitrogens with two attached hydrogens (primary N) is 1. The Morgan fingerprint density at radius 1 is 1.08 bits per heavy atom. The second kappa shape index (κ2) is 14.5. The molecule has 5 N–H and O–H groups in total. The molecule has 1 aromatic carbocycles. The normalized spacial score (nSPS) is 11.7. The molecule has 38 heavy (non-hydrogen) atoms. The lowest BCUT2D eigenvalue weighted by Crippen LogP contribution is -2.26. The van der Waals surface area contributed by atoms with Crippen LogP contribution in [0.3, 0.4) is 0 Å². The van der Waals surface area contributed by atoms with Crippen LogP contribution in [0.15, 0.2) is 66.0 Å². The van der Waals surface area contributed by atoms with Gasteiger partial charge in [0.25, 0.3) is 5.91 Å². The van der Waals surface area contributed by atoms with Gasteiger partial charge in [-0.15, -0.1) is 37.3 Å². The molecule has 2 aromatic heterocycles. The van der Waals surface area contributed by atoms with Crippen LogP contribution in [0.25, 0.3) is 0 Å². The van der Waals surface area contributed by atoms with E-state index in [1.807, 2.05) is 0 Å². The average molecular weight is 572 g/mol. The van der Waals surface area contributed by atoms with Crippen LogP contribution in [0.4, 0.5) is 24.7 Å². The number of nitrogens with zero attached hydrogens (tertiary/aromatic N) is 2. The van der Waals surface area contributed by atoms with Crippen LogP contribution < -0.4 is 21.1 Å². The maximum absolute atomic E-state index is 12.8. The van der Waals surface area contributed by atoms with Crippen molar-refractivity contribution in [1.82, 2.24) is 9.97 Å². The largest absolute Gasteiger partial charge is 0.573 e. The molecule has 0 aliphatic carbocycles. The minimum absolute atomic E-state index is 0. The topological polar surface area (TPSA) is 139 Å². The molecule has 14 heteroatoms. The van der Waals surface area contributed by atoms with E-state index in [-0.39, 0.29) is 42.6 Å².